The third-order valence-electron chi connectivity index (χ3n) is 6.02. The topological polar surface area (TPSA) is 165 Å². The molecule has 2 aliphatic rings. The van der Waals surface area contributed by atoms with E-state index in [-0.39, 0.29) is 35.5 Å². The lowest BCUT2D eigenvalue weighted by molar-refractivity contribution is 0.0205. The summed E-state index contributed by atoms with van der Waals surface area (Å²) in [5, 5.41) is 14.2. The molecule has 13 nitrogen and oxygen atoms in total. The number of ether oxygens (including phenoxy) is 2. The van der Waals surface area contributed by atoms with E-state index in [1.54, 1.807) is 34.1 Å². The number of hydrogen-bond donors (Lipinski definition) is 3. The summed E-state index contributed by atoms with van der Waals surface area (Å²) < 4.78 is 10.8. The Bertz CT molecular complexity index is 1160. The molecule has 2 fully saturated rings. The molecule has 1 aromatic heterocycles. The van der Waals surface area contributed by atoms with Gasteiger partial charge in [-0.1, -0.05) is 0 Å². The average Bonchev–Trinajstić information content (AvgIpc) is 2.88. The van der Waals surface area contributed by atoms with E-state index in [9.17, 15) is 14.4 Å². The van der Waals surface area contributed by atoms with Gasteiger partial charge in [0.25, 0.3) is 11.8 Å². The Kier molecular flexibility index (Phi) is 8.25. The Morgan fingerprint density at radius 2 is 1.76 bits per heavy atom. The molecule has 0 saturated carbocycles. The summed E-state index contributed by atoms with van der Waals surface area (Å²) in [5.41, 5.74) is 5.92. The molecule has 2 aromatic rings. The van der Waals surface area contributed by atoms with Gasteiger partial charge in [-0.3, -0.25) is 9.59 Å². The molecule has 0 bridgehead atoms. The highest BCUT2D eigenvalue weighted by atomic mass is 16.6. The largest absolute Gasteiger partial charge is 0.444 e. The first-order chi connectivity index (χ1) is 18.1. The number of hydrogen-bond acceptors (Lipinski definition) is 10. The number of piperidine rings is 1. The third kappa shape index (κ3) is 7.06. The van der Waals surface area contributed by atoms with E-state index in [1.165, 1.54) is 0 Å². The van der Waals surface area contributed by atoms with E-state index >= 15 is 0 Å². The molecule has 0 radical (unpaired) electrons. The van der Waals surface area contributed by atoms with E-state index in [0.717, 1.165) is 12.8 Å². The molecule has 2 aliphatic heterocycles. The number of aromatic nitrogens is 3. The van der Waals surface area contributed by atoms with Crippen molar-refractivity contribution in [3.63, 3.8) is 0 Å². The van der Waals surface area contributed by atoms with Gasteiger partial charge in [0, 0.05) is 43.5 Å². The summed E-state index contributed by atoms with van der Waals surface area (Å²) in [5.74, 6) is -0.539. The van der Waals surface area contributed by atoms with E-state index < -0.39 is 11.5 Å². The first kappa shape index (κ1) is 27.0. The summed E-state index contributed by atoms with van der Waals surface area (Å²) in [6.45, 7) is 8.66. The number of carbonyl (C=O) groups is 3. The fraction of sp³-hybridized carbons (Fsp3) is 0.520. The van der Waals surface area contributed by atoms with Crippen LogP contribution >= 0.6 is 0 Å². The van der Waals surface area contributed by atoms with Crippen molar-refractivity contribution < 1.29 is 23.9 Å². The number of nitrogens with two attached hydrogens (primary N) is 1. The van der Waals surface area contributed by atoms with Crippen molar-refractivity contribution >= 4 is 35.4 Å². The lowest BCUT2D eigenvalue weighted by Gasteiger charge is -2.34. The number of primary amides is 1. The van der Waals surface area contributed by atoms with Gasteiger partial charge in [0.2, 0.25) is 5.95 Å². The van der Waals surface area contributed by atoms with Crippen molar-refractivity contribution in [1.82, 2.24) is 25.0 Å². The second kappa shape index (κ2) is 11.6. The van der Waals surface area contributed by atoms with Crippen LogP contribution in [-0.2, 0) is 9.47 Å². The monoisotopic (exact) mass is 526 g/mol. The quantitative estimate of drug-likeness (QED) is 0.507. The summed E-state index contributed by atoms with van der Waals surface area (Å²) in [4.78, 5) is 45.0. The average molecular weight is 527 g/mol. The zero-order valence-corrected chi connectivity index (χ0v) is 21.9. The molecule has 0 spiro atoms. The first-order valence-corrected chi connectivity index (χ1v) is 12.6. The molecule has 13 heteroatoms. The minimum Gasteiger partial charge on any atom is -0.444 e. The van der Waals surface area contributed by atoms with Crippen LogP contribution in [0.15, 0.2) is 24.3 Å². The Labute approximate surface area is 221 Å². The van der Waals surface area contributed by atoms with Gasteiger partial charge in [0.15, 0.2) is 11.5 Å². The number of carbonyl (C=O) groups excluding carboxylic acids is 3. The summed E-state index contributed by atoms with van der Waals surface area (Å²) >= 11 is 0. The maximum Gasteiger partial charge on any atom is 0.410 e. The van der Waals surface area contributed by atoms with Gasteiger partial charge < -0.3 is 35.6 Å². The van der Waals surface area contributed by atoms with Crippen LogP contribution in [0.4, 0.5) is 22.2 Å². The Morgan fingerprint density at radius 3 is 2.42 bits per heavy atom. The van der Waals surface area contributed by atoms with Crippen molar-refractivity contribution in [2.45, 2.75) is 45.3 Å². The maximum atomic E-state index is 12.7. The first-order valence-electron chi connectivity index (χ1n) is 12.6. The number of benzene rings is 1. The zero-order chi connectivity index (χ0) is 27.3. The van der Waals surface area contributed by atoms with Crippen LogP contribution in [0.3, 0.4) is 0 Å². The molecular weight excluding hydrogens is 492 g/mol. The van der Waals surface area contributed by atoms with Gasteiger partial charge in [-0.2, -0.15) is 4.98 Å². The molecule has 2 saturated heterocycles. The molecule has 3 amide bonds. The normalized spacial score (nSPS) is 18.0. The summed E-state index contributed by atoms with van der Waals surface area (Å²) in [6, 6.07) is 6.70. The molecule has 1 unspecified atom stereocenters. The SMILES string of the molecule is CC(C)(C)OC(=O)N1CCCC(Nc2nnc(C(N)=O)c(Nc3ccc(C(=O)N4CCOCC4)cc3)n2)C1. The number of amides is 3. The predicted molar refractivity (Wildman–Crippen MR) is 139 cm³/mol. The minimum absolute atomic E-state index is 0.0687. The van der Waals surface area contributed by atoms with Crippen LogP contribution in [0.25, 0.3) is 0 Å². The van der Waals surface area contributed by atoms with E-state index in [0.29, 0.717) is 50.6 Å². The molecule has 1 atom stereocenters. The molecule has 3 heterocycles. The van der Waals surface area contributed by atoms with Crippen molar-refractivity contribution in [1.29, 1.82) is 0 Å². The van der Waals surface area contributed by atoms with Crippen LogP contribution in [0.5, 0.6) is 0 Å². The van der Waals surface area contributed by atoms with Crippen LogP contribution in [0.2, 0.25) is 0 Å². The Morgan fingerprint density at radius 1 is 1.05 bits per heavy atom. The van der Waals surface area contributed by atoms with Crippen LogP contribution in [0, 0.1) is 0 Å². The smallest absolute Gasteiger partial charge is 0.410 e. The number of rotatable bonds is 6. The van der Waals surface area contributed by atoms with Gasteiger partial charge >= 0.3 is 6.09 Å². The predicted octanol–water partition coefficient (Wildman–Crippen LogP) is 2.00. The van der Waals surface area contributed by atoms with E-state index in [4.69, 9.17) is 15.2 Å². The summed E-state index contributed by atoms with van der Waals surface area (Å²) in [6.07, 6.45) is 1.21. The highest BCUT2D eigenvalue weighted by Gasteiger charge is 2.28. The second-order valence-corrected chi connectivity index (χ2v) is 10.2. The fourth-order valence-corrected chi connectivity index (χ4v) is 4.19. The molecule has 1 aromatic carbocycles. The lowest BCUT2D eigenvalue weighted by atomic mass is 10.1. The van der Waals surface area contributed by atoms with Gasteiger partial charge in [-0.15, -0.1) is 10.2 Å². The molecular formula is C25H34N8O5. The minimum atomic E-state index is -0.785. The van der Waals surface area contributed by atoms with Gasteiger partial charge in [-0.25, -0.2) is 4.79 Å². The molecule has 4 N–H and O–H groups in total. The lowest BCUT2D eigenvalue weighted by Crippen LogP contribution is -2.47. The number of anilines is 3. The van der Waals surface area contributed by atoms with Crippen molar-refractivity contribution in [3.8, 4) is 0 Å². The van der Waals surface area contributed by atoms with E-state index in [1.807, 2.05) is 20.8 Å². The molecule has 38 heavy (non-hydrogen) atoms. The molecule has 204 valence electrons. The maximum absolute atomic E-state index is 12.7. The number of nitrogens with zero attached hydrogens (tertiary/aromatic N) is 5. The standard InChI is InChI=1S/C25H34N8O5/c1-25(2,3)38-24(36)33-10-4-5-18(15-33)28-23-29-21(19(20(26)34)30-31-23)27-17-8-6-16(7-9-17)22(35)32-11-13-37-14-12-32/h6-9,18H,4-5,10-15H2,1-3H3,(H2,26,34)(H2,27,28,29,31). The Hall–Kier alpha value is -4.00. The van der Waals surface area contributed by atoms with Crippen LogP contribution < -0.4 is 16.4 Å². The second-order valence-electron chi connectivity index (χ2n) is 10.2. The Balaban J connectivity index is 1.44. The fourth-order valence-electron chi connectivity index (χ4n) is 4.19. The zero-order valence-electron chi connectivity index (χ0n) is 21.9. The molecule has 4 rings (SSSR count). The highest BCUT2D eigenvalue weighted by molar-refractivity contribution is 5.97. The van der Waals surface area contributed by atoms with Crippen LogP contribution in [-0.4, -0.2) is 93.9 Å². The van der Waals surface area contributed by atoms with Gasteiger partial charge in [-0.05, 0) is 57.9 Å². The van der Waals surface area contributed by atoms with E-state index in [2.05, 4.69) is 25.8 Å². The number of likely N-dealkylation sites (tertiary alicyclic amines) is 1. The third-order valence-corrected chi connectivity index (χ3v) is 6.02. The van der Waals surface area contributed by atoms with Crippen molar-refractivity contribution in [2.24, 2.45) is 5.73 Å². The molecule has 0 aliphatic carbocycles. The van der Waals surface area contributed by atoms with Crippen LogP contribution in [0.1, 0.15) is 54.5 Å². The number of nitrogens with one attached hydrogen (secondary N) is 2. The van der Waals surface area contributed by atoms with Gasteiger partial charge in [0.1, 0.15) is 5.60 Å². The van der Waals surface area contributed by atoms with Crippen molar-refractivity contribution in [3.05, 3.63) is 35.5 Å². The van der Waals surface area contributed by atoms with Gasteiger partial charge in [0.05, 0.1) is 13.2 Å². The highest BCUT2D eigenvalue weighted by Crippen LogP contribution is 2.22. The number of morpholine rings is 1. The summed E-state index contributed by atoms with van der Waals surface area (Å²) in [7, 11) is 0. The van der Waals surface area contributed by atoms with Crippen molar-refractivity contribution in [2.75, 3.05) is 50.0 Å².